The van der Waals surface area contributed by atoms with E-state index in [0.717, 1.165) is 16.3 Å². The standard InChI is InChI=1S/C14H17N3O/c1-16-17-14(18)13(15)9-11-7-4-6-10-5-2-3-8-12(10)11/h2-8,13,16H,9,15H2,1H3,(H,17,18). The molecule has 0 fully saturated rings. The van der Waals surface area contributed by atoms with Crippen LogP contribution in [0.15, 0.2) is 42.5 Å². The van der Waals surface area contributed by atoms with Crippen molar-refractivity contribution in [3.63, 3.8) is 0 Å². The number of carbonyl (C=O) groups excluding carboxylic acids is 1. The van der Waals surface area contributed by atoms with Crippen LogP contribution in [0, 0.1) is 0 Å². The maximum Gasteiger partial charge on any atom is 0.251 e. The molecule has 18 heavy (non-hydrogen) atoms. The summed E-state index contributed by atoms with van der Waals surface area (Å²) < 4.78 is 0. The topological polar surface area (TPSA) is 67.1 Å². The zero-order valence-electron chi connectivity index (χ0n) is 10.3. The van der Waals surface area contributed by atoms with Gasteiger partial charge in [-0.15, -0.1) is 0 Å². The lowest BCUT2D eigenvalue weighted by atomic mass is 9.99. The number of nitrogens with one attached hydrogen (secondary N) is 2. The summed E-state index contributed by atoms with van der Waals surface area (Å²) in [6.07, 6.45) is 0.523. The third kappa shape index (κ3) is 2.67. The zero-order chi connectivity index (χ0) is 13.0. The number of hydrogen-bond donors (Lipinski definition) is 3. The highest BCUT2D eigenvalue weighted by Gasteiger charge is 2.14. The number of hydrogen-bond acceptors (Lipinski definition) is 3. The largest absolute Gasteiger partial charge is 0.320 e. The van der Waals surface area contributed by atoms with Gasteiger partial charge in [0.1, 0.15) is 0 Å². The quantitative estimate of drug-likeness (QED) is 0.701. The number of carbonyl (C=O) groups is 1. The lowest BCUT2D eigenvalue weighted by molar-refractivity contribution is -0.123. The Balaban J connectivity index is 2.24. The second-order valence-corrected chi connectivity index (χ2v) is 4.19. The lowest BCUT2D eigenvalue weighted by Crippen LogP contribution is -2.46. The van der Waals surface area contributed by atoms with Gasteiger partial charge in [-0.3, -0.25) is 10.2 Å². The van der Waals surface area contributed by atoms with E-state index in [-0.39, 0.29) is 5.91 Å². The van der Waals surface area contributed by atoms with Crippen LogP contribution in [0.4, 0.5) is 0 Å². The molecular weight excluding hydrogens is 226 g/mol. The molecule has 2 aromatic rings. The highest BCUT2D eigenvalue weighted by Crippen LogP contribution is 2.19. The van der Waals surface area contributed by atoms with Crippen molar-refractivity contribution in [1.29, 1.82) is 0 Å². The molecule has 0 aliphatic rings. The summed E-state index contributed by atoms with van der Waals surface area (Å²) in [4.78, 5) is 11.6. The van der Waals surface area contributed by atoms with Crippen molar-refractivity contribution < 1.29 is 4.79 Å². The summed E-state index contributed by atoms with van der Waals surface area (Å²) in [5, 5.41) is 2.31. The molecule has 0 saturated heterocycles. The van der Waals surface area contributed by atoms with Gasteiger partial charge in [-0.05, 0) is 22.8 Å². The van der Waals surface area contributed by atoms with Crippen LogP contribution in [0.5, 0.6) is 0 Å². The van der Waals surface area contributed by atoms with Crippen LogP contribution >= 0.6 is 0 Å². The van der Waals surface area contributed by atoms with Crippen LogP contribution in [0.2, 0.25) is 0 Å². The first kappa shape index (κ1) is 12.5. The van der Waals surface area contributed by atoms with E-state index in [1.54, 1.807) is 7.05 Å². The molecule has 4 nitrogen and oxygen atoms in total. The first-order chi connectivity index (χ1) is 8.72. The van der Waals surface area contributed by atoms with Crippen LogP contribution in [0.3, 0.4) is 0 Å². The number of nitrogens with two attached hydrogens (primary N) is 1. The summed E-state index contributed by atoms with van der Waals surface area (Å²) in [6, 6.07) is 13.6. The Morgan fingerprint density at radius 1 is 1.22 bits per heavy atom. The summed E-state index contributed by atoms with van der Waals surface area (Å²) >= 11 is 0. The van der Waals surface area contributed by atoms with Crippen LogP contribution < -0.4 is 16.6 Å². The summed E-state index contributed by atoms with van der Waals surface area (Å²) in [6.45, 7) is 0. The van der Waals surface area contributed by atoms with Crippen LogP contribution in [0.25, 0.3) is 10.8 Å². The molecule has 0 radical (unpaired) electrons. The van der Waals surface area contributed by atoms with Crippen molar-refractivity contribution in [2.75, 3.05) is 7.05 Å². The van der Waals surface area contributed by atoms with Crippen molar-refractivity contribution in [3.05, 3.63) is 48.0 Å². The molecule has 1 unspecified atom stereocenters. The number of amides is 1. The monoisotopic (exact) mass is 243 g/mol. The van der Waals surface area contributed by atoms with Crippen LogP contribution in [-0.2, 0) is 11.2 Å². The molecule has 0 aromatic heterocycles. The fraction of sp³-hybridized carbons (Fsp3) is 0.214. The van der Waals surface area contributed by atoms with E-state index in [0.29, 0.717) is 6.42 Å². The fourth-order valence-corrected chi connectivity index (χ4v) is 2.02. The summed E-state index contributed by atoms with van der Waals surface area (Å²) in [5.74, 6) is -0.203. The Labute approximate surface area is 106 Å². The molecule has 1 atom stereocenters. The first-order valence-corrected chi connectivity index (χ1v) is 5.91. The average molecular weight is 243 g/mol. The van der Waals surface area contributed by atoms with Crippen molar-refractivity contribution in [1.82, 2.24) is 10.9 Å². The minimum Gasteiger partial charge on any atom is -0.320 e. The molecule has 0 bridgehead atoms. The Morgan fingerprint density at radius 3 is 2.72 bits per heavy atom. The van der Waals surface area contributed by atoms with Gasteiger partial charge in [0.05, 0.1) is 6.04 Å². The number of benzene rings is 2. The van der Waals surface area contributed by atoms with E-state index in [1.807, 2.05) is 30.3 Å². The highest BCUT2D eigenvalue weighted by molar-refractivity contribution is 5.87. The van der Waals surface area contributed by atoms with Gasteiger partial charge in [0.25, 0.3) is 5.91 Å². The van der Waals surface area contributed by atoms with Crippen molar-refractivity contribution in [2.45, 2.75) is 12.5 Å². The molecule has 0 aliphatic heterocycles. The molecule has 0 aliphatic carbocycles. The van der Waals surface area contributed by atoms with Gasteiger partial charge in [0.15, 0.2) is 0 Å². The molecule has 2 rings (SSSR count). The van der Waals surface area contributed by atoms with E-state index >= 15 is 0 Å². The number of hydrazine groups is 1. The minimum atomic E-state index is -0.553. The van der Waals surface area contributed by atoms with E-state index in [2.05, 4.69) is 23.0 Å². The first-order valence-electron chi connectivity index (χ1n) is 5.91. The van der Waals surface area contributed by atoms with Gasteiger partial charge in [-0.25, -0.2) is 5.43 Å². The smallest absolute Gasteiger partial charge is 0.251 e. The molecule has 0 saturated carbocycles. The maximum atomic E-state index is 11.6. The molecule has 0 heterocycles. The lowest BCUT2D eigenvalue weighted by Gasteiger charge is -2.13. The molecule has 2 aromatic carbocycles. The third-order valence-electron chi connectivity index (χ3n) is 2.90. The van der Waals surface area contributed by atoms with Crippen molar-refractivity contribution >= 4 is 16.7 Å². The normalized spacial score (nSPS) is 12.3. The van der Waals surface area contributed by atoms with Gasteiger partial charge in [-0.1, -0.05) is 42.5 Å². The molecule has 4 heteroatoms. The highest BCUT2D eigenvalue weighted by atomic mass is 16.2. The van der Waals surface area contributed by atoms with Crippen molar-refractivity contribution in [2.24, 2.45) is 5.73 Å². The molecule has 1 amide bonds. The Morgan fingerprint density at radius 2 is 1.94 bits per heavy atom. The average Bonchev–Trinajstić information content (AvgIpc) is 2.39. The Hall–Kier alpha value is -1.91. The third-order valence-corrected chi connectivity index (χ3v) is 2.90. The maximum absolute atomic E-state index is 11.6. The number of rotatable bonds is 4. The fourth-order valence-electron chi connectivity index (χ4n) is 2.02. The minimum absolute atomic E-state index is 0.203. The second-order valence-electron chi connectivity index (χ2n) is 4.19. The Bertz CT molecular complexity index is 548. The predicted molar refractivity (Wildman–Crippen MR) is 72.8 cm³/mol. The SMILES string of the molecule is CNNC(=O)C(N)Cc1cccc2ccccc12. The van der Waals surface area contributed by atoms with Gasteiger partial charge in [0.2, 0.25) is 0 Å². The second kappa shape index (κ2) is 5.62. The van der Waals surface area contributed by atoms with E-state index in [4.69, 9.17) is 5.73 Å². The zero-order valence-corrected chi connectivity index (χ0v) is 10.3. The molecule has 94 valence electrons. The van der Waals surface area contributed by atoms with Crippen molar-refractivity contribution in [3.8, 4) is 0 Å². The van der Waals surface area contributed by atoms with Gasteiger partial charge < -0.3 is 5.73 Å². The number of fused-ring (bicyclic) bond motifs is 1. The van der Waals surface area contributed by atoms with Gasteiger partial charge >= 0.3 is 0 Å². The Kier molecular flexibility index (Phi) is 3.92. The van der Waals surface area contributed by atoms with E-state index in [1.165, 1.54) is 0 Å². The van der Waals surface area contributed by atoms with Gasteiger partial charge in [0, 0.05) is 7.05 Å². The summed E-state index contributed by atoms with van der Waals surface area (Å²) in [5.41, 5.74) is 12.1. The van der Waals surface area contributed by atoms with Crippen LogP contribution in [-0.4, -0.2) is 19.0 Å². The van der Waals surface area contributed by atoms with Gasteiger partial charge in [-0.2, -0.15) is 0 Å². The van der Waals surface area contributed by atoms with E-state index in [9.17, 15) is 4.79 Å². The van der Waals surface area contributed by atoms with E-state index < -0.39 is 6.04 Å². The van der Waals surface area contributed by atoms with Crippen LogP contribution in [0.1, 0.15) is 5.56 Å². The molecule has 4 N–H and O–H groups in total. The molecule has 0 spiro atoms. The molecular formula is C14H17N3O. The summed E-state index contributed by atoms with van der Waals surface area (Å²) in [7, 11) is 1.64. The predicted octanol–water partition coefficient (Wildman–Crippen LogP) is 0.960.